The van der Waals surface area contributed by atoms with Crippen molar-refractivity contribution >= 4 is 23.5 Å². The largest absolute Gasteiger partial charge is 0.412 e. The molecule has 2 atom stereocenters. The summed E-state index contributed by atoms with van der Waals surface area (Å²) in [7, 11) is 0. The summed E-state index contributed by atoms with van der Waals surface area (Å²) < 4.78 is 3.80. The van der Waals surface area contributed by atoms with Gasteiger partial charge in [0.05, 0.1) is 0 Å². The Balaban J connectivity index is -0.00000205. The molecule has 1 aliphatic heterocycles. The highest BCUT2D eigenvalue weighted by molar-refractivity contribution is 7.97. The quantitative estimate of drug-likeness (QED) is 0.288. The molecule has 1 saturated heterocycles. The van der Waals surface area contributed by atoms with E-state index in [-0.39, 0.29) is 29.3 Å². The van der Waals surface area contributed by atoms with Crippen LogP contribution in [0.3, 0.4) is 0 Å². The fraction of sp³-hybridized carbons (Fsp3) is 0.778. The van der Waals surface area contributed by atoms with Gasteiger partial charge in [0.15, 0.2) is 0 Å². The maximum absolute atomic E-state index is 6.37. The van der Waals surface area contributed by atoms with E-state index in [2.05, 4.69) is 67.6 Å². The Morgan fingerprint density at radius 1 is 1.00 bits per heavy atom. The van der Waals surface area contributed by atoms with Crippen molar-refractivity contribution < 1.29 is 21.9 Å². The third kappa shape index (κ3) is 12.1. The molecule has 210 valence electrons. The van der Waals surface area contributed by atoms with Crippen LogP contribution in [0.1, 0.15) is 72.8 Å². The van der Waals surface area contributed by atoms with E-state index in [9.17, 15) is 0 Å². The third-order valence-corrected chi connectivity index (χ3v) is 8.81. The van der Waals surface area contributed by atoms with Crippen molar-refractivity contribution in [3.05, 3.63) is 35.9 Å². The molecule has 0 bridgehead atoms. The summed E-state index contributed by atoms with van der Waals surface area (Å²) in [4.78, 5) is 2.74. The maximum atomic E-state index is 6.37. The standard InChI is InChI=1S/C26H43ClN2S.CH4.4H2O/c1-20(2)25(28-30-17-15-21-8-6-5-7-9-21)18-29-16-14-24(26(3,4)19-29)22-10-12-23(27)13-11-22;;;;;/h5-9,20,22-25,28H,10-19H2,1-4H3;1H4;4*1H2/t22?,23?,24-,25+;;;;;/m1...../s1. The van der Waals surface area contributed by atoms with Gasteiger partial charge in [0, 0.05) is 30.3 Å². The Bertz CT molecular complexity index is 631. The molecule has 9 N–H and O–H groups in total. The van der Waals surface area contributed by atoms with Gasteiger partial charge in [-0.25, -0.2) is 0 Å². The van der Waals surface area contributed by atoms with Crippen molar-refractivity contribution in [1.82, 2.24) is 9.62 Å². The normalized spacial score (nSPS) is 24.5. The zero-order valence-corrected chi connectivity index (χ0v) is 23.2. The van der Waals surface area contributed by atoms with Crippen LogP contribution in [0.2, 0.25) is 0 Å². The van der Waals surface area contributed by atoms with Gasteiger partial charge in [-0.05, 0) is 73.8 Å². The van der Waals surface area contributed by atoms with Gasteiger partial charge in [0.1, 0.15) is 0 Å². The number of nitrogens with zero attached hydrogens (tertiary/aromatic N) is 1. The minimum atomic E-state index is 0. The van der Waals surface area contributed by atoms with Gasteiger partial charge in [-0.15, -0.1) is 11.6 Å². The summed E-state index contributed by atoms with van der Waals surface area (Å²) in [6, 6.07) is 11.4. The molecule has 0 radical (unpaired) electrons. The molecule has 1 aliphatic carbocycles. The highest BCUT2D eigenvalue weighted by Gasteiger charge is 2.41. The van der Waals surface area contributed by atoms with Gasteiger partial charge in [0.2, 0.25) is 0 Å². The first-order valence-corrected chi connectivity index (χ1v) is 13.5. The number of halogens is 1. The molecule has 2 fully saturated rings. The zero-order valence-electron chi connectivity index (χ0n) is 21.6. The molecule has 1 heterocycles. The number of hydrogen-bond acceptors (Lipinski definition) is 3. The summed E-state index contributed by atoms with van der Waals surface area (Å²) in [6.07, 6.45) is 7.62. The number of benzene rings is 1. The molecule has 1 saturated carbocycles. The number of rotatable bonds is 9. The number of hydrogen-bond donors (Lipinski definition) is 1. The van der Waals surface area contributed by atoms with Crippen LogP contribution in [0.4, 0.5) is 0 Å². The Morgan fingerprint density at radius 3 is 2.14 bits per heavy atom. The summed E-state index contributed by atoms with van der Waals surface area (Å²) in [5, 5.41) is 0.432. The van der Waals surface area contributed by atoms with Crippen LogP contribution < -0.4 is 4.72 Å². The van der Waals surface area contributed by atoms with Gasteiger partial charge in [-0.1, -0.05) is 77.4 Å². The minimum absolute atomic E-state index is 0. The lowest BCUT2D eigenvalue weighted by Gasteiger charge is -2.49. The molecule has 6 nitrogen and oxygen atoms in total. The lowest BCUT2D eigenvalue weighted by atomic mass is 9.64. The van der Waals surface area contributed by atoms with Gasteiger partial charge >= 0.3 is 0 Å². The predicted octanol–water partition coefficient (Wildman–Crippen LogP) is 3.97. The highest BCUT2D eigenvalue weighted by atomic mass is 35.5. The van der Waals surface area contributed by atoms with E-state index in [0.717, 1.165) is 24.0 Å². The highest BCUT2D eigenvalue weighted by Crippen LogP contribution is 2.45. The topological polar surface area (TPSA) is 141 Å². The van der Waals surface area contributed by atoms with E-state index in [1.165, 1.54) is 57.3 Å². The van der Waals surface area contributed by atoms with Crippen LogP contribution in [0.15, 0.2) is 30.3 Å². The molecule has 8 heteroatoms. The van der Waals surface area contributed by atoms with E-state index in [0.29, 0.717) is 22.8 Å². The van der Waals surface area contributed by atoms with E-state index in [4.69, 9.17) is 11.6 Å². The second-order valence-electron chi connectivity index (χ2n) is 10.7. The molecule has 0 spiro atoms. The van der Waals surface area contributed by atoms with Gasteiger partial charge < -0.3 is 26.8 Å². The van der Waals surface area contributed by atoms with Gasteiger partial charge in [-0.2, -0.15) is 0 Å². The van der Waals surface area contributed by atoms with Crippen LogP contribution in [0, 0.1) is 23.2 Å². The summed E-state index contributed by atoms with van der Waals surface area (Å²) in [5.41, 5.74) is 1.84. The first-order valence-electron chi connectivity index (χ1n) is 12.1. The van der Waals surface area contributed by atoms with Crippen LogP contribution in [0.25, 0.3) is 0 Å². The average molecular weight is 539 g/mol. The molecule has 35 heavy (non-hydrogen) atoms. The molecule has 3 rings (SSSR count). The van der Waals surface area contributed by atoms with Crippen LogP contribution in [-0.4, -0.2) is 63.6 Å². The molecular weight excluding hydrogens is 484 g/mol. The first kappa shape index (κ1) is 39.1. The molecule has 1 aromatic carbocycles. The number of alkyl halides is 1. The zero-order chi connectivity index (χ0) is 21.6. The van der Waals surface area contributed by atoms with Crippen molar-refractivity contribution in [1.29, 1.82) is 0 Å². The van der Waals surface area contributed by atoms with Crippen molar-refractivity contribution in [2.45, 2.75) is 85.1 Å². The fourth-order valence-corrected chi connectivity index (χ4v) is 6.91. The molecule has 1 aromatic rings. The molecular formula is C27H55ClN2O4S. The fourth-order valence-electron chi connectivity index (χ4n) is 5.64. The smallest absolute Gasteiger partial charge is 0.0336 e. The molecule has 2 aliphatic rings. The third-order valence-electron chi connectivity index (χ3n) is 7.49. The van der Waals surface area contributed by atoms with Gasteiger partial charge in [0.25, 0.3) is 0 Å². The van der Waals surface area contributed by atoms with E-state index in [1.54, 1.807) is 0 Å². The molecule has 0 unspecified atom stereocenters. The second kappa shape index (κ2) is 18.8. The number of aryl methyl sites for hydroxylation is 1. The minimum Gasteiger partial charge on any atom is -0.412 e. The number of likely N-dealkylation sites (tertiary alicyclic amines) is 1. The SMILES string of the molecule is C.CC(C)[C@H](CN1CC[C@H](C2CCC(Cl)CC2)C(C)(C)C1)NSCCc1ccccc1.O.O.O.O. The predicted molar refractivity (Wildman–Crippen MR) is 155 cm³/mol. The first-order chi connectivity index (χ1) is 14.3. The van der Waals surface area contributed by atoms with Crippen molar-refractivity contribution in [3.63, 3.8) is 0 Å². The van der Waals surface area contributed by atoms with Crippen molar-refractivity contribution in [2.24, 2.45) is 23.2 Å². The lowest BCUT2D eigenvalue weighted by molar-refractivity contribution is 0.00609. The summed E-state index contributed by atoms with van der Waals surface area (Å²) in [5.74, 6) is 3.53. The monoisotopic (exact) mass is 538 g/mol. The Kier molecular flexibility index (Phi) is 21.0. The van der Waals surface area contributed by atoms with Crippen LogP contribution >= 0.6 is 23.5 Å². The Labute approximate surface area is 224 Å². The Hall–Kier alpha value is -0.380. The molecule has 0 aromatic heterocycles. The number of nitrogens with one attached hydrogen (secondary N) is 1. The number of piperidine rings is 1. The summed E-state index contributed by atoms with van der Waals surface area (Å²) >= 11 is 8.28. The average Bonchev–Trinajstić information content (AvgIpc) is 2.71. The van der Waals surface area contributed by atoms with E-state index < -0.39 is 0 Å². The van der Waals surface area contributed by atoms with Crippen LogP contribution in [-0.2, 0) is 6.42 Å². The maximum Gasteiger partial charge on any atom is 0.0336 e. The van der Waals surface area contributed by atoms with E-state index in [1.807, 2.05) is 11.9 Å². The molecule has 0 amide bonds. The summed E-state index contributed by atoms with van der Waals surface area (Å²) in [6.45, 7) is 13.4. The van der Waals surface area contributed by atoms with Crippen molar-refractivity contribution in [2.75, 3.05) is 25.4 Å². The van der Waals surface area contributed by atoms with E-state index >= 15 is 0 Å². The van der Waals surface area contributed by atoms with Gasteiger partial charge in [-0.3, -0.25) is 4.72 Å². The van der Waals surface area contributed by atoms with Crippen molar-refractivity contribution in [3.8, 4) is 0 Å². The Morgan fingerprint density at radius 2 is 1.60 bits per heavy atom. The van der Waals surface area contributed by atoms with Crippen LogP contribution in [0.5, 0.6) is 0 Å². The lowest BCUT2D eigenvalue weighted by Crippen LogP contribution is -2.52. The second-order valence-corrected chi connectivity index (χ2v) is 12.2.